The molecule has 2 aromatic rings. The van der Waals surface area contributed by atoms with Crippen LogP contribution in [0.2, 0.25) is 0 Å². The Kier molecular flexibility index (Phi) is 3.82. The summed E-state index contributed by atoms with van der Waals surface area (Å²) in [4.78, 5) is 0. The first-order valence-corrected chi connectivity index (χ1v) is 5.99. The molecule has 3 heteroatoms. The summed E-state index contributed by atoms with van der Waals surface area (Å²) >= 11 is 0. The molecule has 0 bridgehead atoms. The normalized spacial score (nSPS) is 10.3. The van der Waals surface area contributed by atoms with E-state index in [2.05, 4.69) is 24.4 Å². The maximum atomic E-state index is 13.1. The van der Waals surface area contributed by atoms with Crippen LogP contribution in [0.4, 0.5) is 15.8 Å². The molecule has 0 unspecified atom stereocenters. The van der Waals surface area contributed by atoms with Crippen LogP contribution >= 0.6 is 0 Å². The van der Waals surface area contributed by atoms with Gasteiger partial charge < -0.3 is 11.1 Å². The second kappa shape index (κ2) is 5.54. The van der Waals surface area contributed by atoms with Crippen molar-refractivity contribution in [2.24, 2.45) is 0 Å². The Labute approximate surface area is 107 Å². The van der Waals surface area contributed by atoms with Gasteiger partial charge >= 0.3 is 0 Å². The van der Waals surface area contributed by atoms with Gasteiger partial charge in [0.05, 0.1) is 0 Å². The summed E-state index contributed by atoms with van der Waals surface area (Å²) in [7, 11) is 0. The van der Waals surface area contributed by atoms with Crippen LogP contribution in [0, 0.1) is 12.7 Å². The van der Waals surface area contributed by atoms with E-state index in [0.29, 0.717) is 5.69 Å². The van der Waals surface area contributed by atoms with Crippen molar-refractivity contribution in [3.05, 3.63) is 59.4 Å². The van der Waals surface area contributed by atoms with Crippen LogP contribution in [0.5, 0.6) is 0 Å². The standard InChI is InChI=1S/C15H17FN2/c1-11-4-2-3-5-12(11)6-7-18-15-9-13(16)8-14(17)10-15/h2-5,8-10,18H,6-7,17H2,1H3. The van der Waals surface area contributed by atoms with E-state index >= 15 is 0 Å². The molecule has 0 atom stereocenters. The molecule has 3 N–H and O–H groups in total. The Morgan fingerprint density at radius 1 is 1.17 bits per heavy atom. The SMILES string of the molecule is Cc1ccccc1CCNc1cc(N)cc(F)c1. The number of aryl methyl sites for hydroxylation is 1. The summed E-state index contributed by atoms with van der Waals surface area (Å²) in [6, 6.07) is 12.8. The van der Waals surface area contributed by atoms with Crippen LogP contribution in [-0.4, -0.2) is 6.54 Å². The number of nitrogen functional groups attached to an aromatic ring is 1. The number of hydrogen-bond acceptors (Lipinski definition) is 2. The summed E-state index contributed by atoms with van der Waals surface area (Å²) < 4.78 is 13.1. The first-order valence-electron chi connectivity index (χ1n) is 5.99. The van der Waals surface area contributed by atoms with Gasteiger partial charge in [-0.25, -0.2) is 4.39 Å². The predicted molar refractivity (Wildman–Crippen MR) is 74.2 cm³/mol. The van der Waals surface area contributed by atoms with E-state index in [1.807, 2.05) is 12.1 Å². The molecular formula is C15H17FN2. The molecule has 0 spiro atoms. The summed E-state index contributed by atoms with van der Waals surface area (Å²) in [5, 5.41) is 3.18. The summed E-state index contributed by atoms with van der Waals surface area (Å²) in [6.45, 7) is 2.85. The van der Waals surface area contributed by atoms with Crippen LogP contribution in [0.3, 0.4) is 0 Å². The van der Waals surface area contributed by atoms with Crippen molar-refractivity contribution >= 4 is 11.4 Å². The van der Waals surface area contributed by atoms with E-state index in [1.165, 1.54) is 23.3 Å². The first-order chi connectivity index (χ1) is 8.65. The van der Waals surface area contributed by atoms with Crippen LogP contribution in [-0.2, 0) is 6.42 Å². The molecule has 0 radical (unpaired) electrons. The molecule has 0 aliphatic carbocycles. The third-order valence-corrected chi connectivity index (χ3v) is 2.90. The number of hydrogen-bond donors (Lipinski definition) is 2. The summed E-state index contributed by atoms with van der Waals surface area (Å²) in [5.41, 5.74) is 9.32. The van der Waals surface area contributed by atoms with Gasteiger partial charge in [-0.05, 0) is 42.7 Å². The highest BCUT2D eigenvalue weighted by molar-refractivity contribution is 5.54. The zero-order valence-corrected chi connectivity index (χ0v) is 10.4. The van der Waals surface area contributed by atoms with E-state index in [9.17, 15) is 4.39 Å². The van der Waals surface area contributed by atoms with E-state index in [0.717, 1.165) is 18.7 Å². The molecule has 0 amide bonds. The van der Waals surface area contributed by atoms with Crippen molar-refractivity contribution < 1.29 is 4.39 Å². The Hall–Kier alpha value is -2.03. The molecule has 0 aliphatic heterocycles. The molecule has 0 heterocycles. The van der Waals surface area contributed by atoms with E-state index < -0.39 is 0 Å². The van der Waals surface area contributed by atoms with Crippen molar-refractivity contribution in [3.63, 3.8) is 0 Å². The fourth-order valence-electron chi connectivity index (χ4n) is 1.95. The predicted octanol–water partition coefficient (Wildman–Crippen LogP) is 3.37. The monoisotopic (exact) mass is 244 g/mol. The van der Waals surface area contributed by atoms with Crippen LogP contribution in [0.25, 0.3) is 0 Å². The minimum Gasteiger partial charge on any atom is -0.399 e. The molecule has 0 saturated heterocycles. The highest BCUT2D eigenvalue weighted by atomic mass is 19.1. The van der Waals surface area contributed by atoms with Crippen molar-refractivity contribution in [2.45, 2.75) is 13.3 Å². The smallest absolute Gasteiger partial charge is 0.127 e. The average Bonchev–Trinajstić information content (AvgIpc) is 2.30. The lowest BCUT2D eigenvalue weighted by atomic mass is 10.1. The minimum absolute atomic E-state index is 0.312. The van der Waals surface area contributed by atoms with Gasteiger partial charge in [0.15, 0.2) is 0 Å². The lowest BCUT2D eigenvalue weighted by Crippen LogP contribution is -2.06. The Bertz CT molecular complexity index is 518. The van der Waals surface area contributed by atoms with Crippen molar-refractivity contribution in [1.82, 2.24) is 0 Å². The molecular weight excluding hydrogens is 227 g/mol. The maximum absolute atomic E-state index is 13.1. The number of benzene rings is 2. The van der Waals surface area contributed by atoms with Crippen LogP contribution in [0.15, 0.2) is 42.5 Å². The number of anilines is 2. The fourth-order valence-corrected chi connectivity index (χ4v) is 1.95. The zero-order valence-electron chi connectivity index (χ0n) is 10.4. The van der Waals surface area contributed by atoms with Gasteiger partial charge in [0.2, 0.25) is 0 Å². The number of nitrogens with one attached hydrogen (secondary N) is 1. The second-order valence-corrected chi connectivity index (χ2v) is 4.38. The van der Waals surface area contributed by atoms with Gasteiger partial charge in [0.1, 0.15) is 5.82 Å². The Balaban J connectivity index is 1.94. The third kappa shape index (κ3) is 3.23. The fraction of sp³-hybridized carbons (Fsp3) is 0.200. The lowest BCUT2D eigenvalue weighted by Gasteiger charge is -2.09. The molecule has 2 rings (SSSR count). The number of rotatable bonds is 4. The number of halogens is 1. The second-order valence-electron chi connectivity index (χ2n) is 4.38. The van der Waals surface area contributed by atoms with Gasteiger partial charge in [-0.1, -0.05) is 24.3 Å². The Morgan fingerprint density at radius 3 is 2.67 bits per heavy atom. The molecule has 0 aliphatic rings. The van der Waals surface area contributed by atoms with Gasteiger partial charge in [0, 0.05) is 17.9 Å². The molecule has 2 nitrogen and oxygen atoms in total. The molecule has 2 aromatic carbocycles. The van der Waals surface area contributed by atoms with Crippen molar-refractivity contribution in [3.8, 4) is 0 Å². The van der Waals surface area contributed by atoms with Gasteiger partial charge in [-0.15, -0.1) is 0 Å². The first kappa shape index (κ1) is 12.4. The molecule has 0 saturated carbocycles. The summed E-state index contributed by atoms with van der Waals surface area (Å²) in [5.74, 6) is -0.312. The van der Waals surface area contributed by atoms with E-state index in [4.69, 9.17) is 5.73 Å². The molecule has 0 aromatic heterocycles. The van der Waals surface area contributed by atoms with E-state index in [1.54, 1.807) is 6.07 Å². The van der Waals surface area contributed by atoms with Gasteiger partial charge in [0.25, 0.3) is 0 Å². The summed E-state index contributed by atoms with van der Waals surface area (Å²) in [6.07, 6.45) is 0.906. The quantitative estimate of drug-likeness (QED) is 0.809. The van der Waals surface area contributed by atoms with Gasteiger partial charge in [-0.3, -0.25) is 0 Å². The van der Waals surface area contributed by atoms with Crippen molar-refractivity contribution in [2.75, 3.05) is 17.6 Å². The Morgan fingerprint density at radius 2 is 1.94 bits per heavy atom. The average molecular weight is 244 g/mol. The zero-order chi connectivity index (χ0) is 13.0. The molecule has 94 valence electrons. The highest BCUT2D eigenvalue weighted by Crippen LogP contribution is 2.15. The third-order valence-electron chi connectivity index (χ3n) is 2.90. The van der Waals surface area contributed by atoms with Crippen LogP contribution < -0.4 is 11.1 Å². The molecule has 0 fully saturated rings. The van der Waals surface area contributed by atoms with Crippen molar-refractivity contribution in [1.29, 1.82) is 0 Å². The highest BCUT2D eigenvalue weighted by Gasteiger charge is 1.99. The van der Waals surface area contributed by atoms with Gasteiger partial charge in [-0.2, -0.15) is 0 Å². The topological polar surface area (TPSA) is 38.0 Å². The largest absolute Gasteiger partial charge is 0.399 e. The van der Waals surface area contributed by atoms with Crippen LogP contribution in [0.1, 0.15) is 11.1 Å². The van der Waals surface area contributed by atoms with E-state index in [-0.39, 0.29) is 5.82 Å². The molecule has 18 heavy (non-hydrogen) atoms. The lowest BCUT2D eigenvalue weighted by molar-refractivity contribution is 0.629. The minimum atomic E-state index is -0.312. The maximum Gasteiger partial charge on any atom is 0.127 e. The number of nitrogens with two attached hydrogens (primary N) is 1.